The topological polar surface area (TPSA) is 39.2 Å². The Morgan fingerprint density at radius 1 is 1.41 bits per heavy atom. The fraction of sp³-hybridized carbons (Fsp3) is 0.455. The maximum atomic E-state index is 12.2. The van der Waals surface area contributed by atoms with Crippen molar-refractivity contribution >= 4 is 5.97 Å². The quantitative estimate of drug-likeness (QED) is 0.771. The van der Waals surface area contributed by atoms with E-state index in [0.717, 1.165) is 18.3 Å². The molecule has 0 aliphatic heterocycles. The number of hydrogen-bond acceptors (Lipinski definition) is 3. The van der Waals surface area contributed by atoms with Crippen LogP contribution in [0.4, 0.5) is 13.2 Å². The Labute approximate surface area is 96.6 Å². The maximum Gasteiger partial charge on any atom is 0.433 e. The lowest BCUT2D eigenvalue weighted by molar-refractivity contribution is -0.141. The maximum absolute atomic E-state index is 12.2. The van der Waals surface area contributed by atoms with Gasteiger partial charge in [-0.05, 0) is 18.1 Å². The number of alkyl halides is 3. The molecular weight excluding hydrogens is 235 g/mol. The molecule has 3 nitrogen and oxygen atoms in total. The SMILES string of the molecule is CC(C)COC(=O)c1ccc(C(F)(F)F)nc1. The van der Waals surface area contributed by atoms with Gasteiger partial charge in [0, 0.05) is 6.20 Å². The van der Waals surface area contributed by atoms with E-state index in [9.17, 15) is 18.0 Å². The molecular formula is C11H12F3NO2. The Morgan fingerprint density at radius 2 is 2.06 bits per heavy atom. The van der Waals surface area contributed by atoms with Gasteiger partial charge in [-0.25, -0.2) is 4.79 Å². The van der Waals surface area contributed by atoms with Crippen LogP contribution in [0.15, 0.2) is 18.3 Å². The summed E-state index contributed by atoms with van der Waals surface area (Å²) in [4.78, 5) is 14.5. The van der Waals surface area contributed by atoms with Crippen LogP contribution in [0.2, 0.25) is 0 Å². The zero-order chi connectivity index (χ0) is 13.1. The fourth-order valence-electron chi connectivity index (χ4n) is 1.01. The van der Waals surface area contributed by atoms with E-state index in [4.69, 9.17) is 4.74 Å². The van der Waals surface area contributed by atoms with Crippen LogP contribution in [0, 0.1) is 5.92 Å². The van der Waals surface area contributed by atoms with Gasteiger partial charge in [0.25, 0.3) is 0 Å². The molecule has 0 N–H and O–H groups in total. The minimum atomic E-state index is -4.50. The second kappa shape index (κ2) is 5.16. The molecule has 0 aliphatic rings. The smallest absolute Gasteiger partial charge is 0.433 e. The van der Waals surface area contributed by atoms with E-state index in [1.54, 1.807) is 0 Å². The van der Waals surface area contributed by atoms with E-state index >= 15 is 0 Å². The number of hydrogen-bond donors (Lipinski definition) is 0. The number of halogens is 3. The Morgan fingerprint density at radius 3 is 2.47 bits per heavy atom. The summed E-state index contributed by atoms with van der Waals surface area (Å²) in [5.41, 5.74) is -1.02. The zero-order valence-electron chi connectivity index (χ0n) is 9.41. The number of aromatic nitrogens is 1. The number of nitrogens with zero attached hydrogens (tertiary/aromatic N) is 1. The first kappa shape index (κ1) is 13.5. The molecule has 0 fully saturated rings. The van der Waals surface area contributed by atoms with E-state index in [1.165, 1.54) is 0 Å². The molecule has 0 aliphatic carbocycles. The van der Waals surface area contributed by atoms with E-state index < -0.39 is 17.8 Å². The molecule has 94 valence electrons. The summed E-state index contributed by atoms with van der Waals surface area (Å²) in [5, 5.41) is 0. The number of ether oxygens (including phenoxy) is 1. The first-order valence-corrected chi connectivity index (χ1v) is 5.01. The molecule has 0 saturated carbocycles. The molecule has 0 radical (unpaired) electrons. The van der Waals surface area contributed by atoms with Crippen LogP contribution in [0.5, 0.6) is 0 Å². The molecule has 1 rings (SSSR count). The standard InChI is InChI=1S/C11H12F3NO2/c1-7(2)6-17-10(16)8-3-4-9(15-5-8)11(12,13)14/h3-5,7H,6H2,1-2H3. The van der Waals surface area contributed by atoms with E-state index in [2.05, 4.69) is 4.98 Å². The minimum absolute atomic E-state index is 0.0126. The minimum Gasteiger partial charge on any atom is -0.462 e. The van der Waals surface area contributed by atoms with Gasteiger partial charge in [-0.3, -0.25) is 4.98 Å². The highest BCUT2D eigenvalue weighted by atomic mass is 19.4. The predicted molar refractivity (Wildman–Crippen MR) is 54.4 cm³/mol. The Kier molecular flexibility index (Phi) is 4.09. The summed E-state index contributed by atoms with van der Waals surface area (Å²) in [6, 6.07) is 1.81. The summed E-state index contributed by atoms with van der Waals surface area (Å²) < 4.78 is 41.4. The average Bonchev–Trinajstić information content (AvgIpc) is 2.25. The predicted octanol–water partition coefficient (Wildman–Crippen LogP) is 2.91. The van der Waals surface area contributed by atoms with Crippen molar-refractivity contribution in [2.75, 3.05) is 6.61 Å². The highest BCUT2D eigenvalue weighted by Crippen LogP contribution is 2.27. The summed E-state index contributed by atoms with van der Waals surface area (Å²) in [7, 11) is 0. The van der Waals surface area contributed by atoms with Crippen molar-refractivity contribution in [2.45, 2.75) is 20.0 Å². The van der Waals surface area contributed by atoms with Crippen LogP contribution in [-0.4, -0.2) is 17.6 Å². The van der Waals surface area contributed by atoms with Crippen molar-refractivity contribution < 1.29 is 22.7 Å². The van der Waals surface area contributed by atoms with E-state index in [0.29, 0.717) is 0 Å². The van der Waals surface area contributed by atoms with Gasteiger partial charge in [-0.1, -0.05) is 13.8 Å². The van der Waals surface area contributed by atoms with Gasteiger partial charge in [-0.2, -0.15) is 13.2 Å². The normalized spacial score (nSPS) is 11.6. The molecule has 0 unspecified atom stereocenters. The Bertz CT molecular complexity index is 385. The summed E-state index contributed by atoms with van der Waals surface area (Å²) in [6.45, 7) is 3.94. The lowest BCUT2D eigenvalue weighted by atomic mass is 10.2. The van der Waals surface area contributed by atoms with Gasteiger partial charge >= 0.3 is 12.1 Å². The second-order valence-corrected chi connectivity index (χ2v) is 3.92. The summed E-state index contributed by atoms with van der Waals surface area (Å²) >= 11 is 0. The first-order valence-electron chi connectivity index (χ1n) is 5.01. The third kappa shape index (κ3) is 4.05. The number of rotatable bonds is 3. The number of pyridine rings is 1. The molecule has 0 saturated heterocycles. The average molecular weight is 247 g/mol. The fourth-order valence-corrected chi connectivity index (χ4v) is 1.01. The number of carbonyl (C=O) groups is 1. The van der Waals surface area contributed by atoms with E-state index in [1.807, 2.05) is 13.8 Å². The summed E-state index contributed by atoms with van der Waals surface area (Å²) in [6.07, 6.45) is -3.63. The summed E-state index contributed by atoms with van der Waals surface area (Å²) in [5.74, 6) is -0.499. The van der Waals surface area contributed by atoms with Crippen molar-refractivity contribution in [1.29, 1.82) is 0 Å². The van der Waals surface area contributed by atoms with Crippen molar-refractivity contribution in [3.8, 4) is 0 Å². The lowest BCUT2D eigenvalue weighted by Gasteiger charge is -2.08. The molecule has 0 atom stereocenters. The van der Waals surface area contributed by atoms with Crippen LogP contribution in [0.3, 0.4) is 0 Å². The molecule has 0 amide bonds. The molecule has 1 aromatic heterocycles. The first-order chi connectivity index (χ1) is 7.80. The molecule has 1 aromatic rings. The van der Waals surface area contributed by atoms with Crippen molar-refractivity contribution in [2.24, 2.45) is 5.92 Å². The van der Waals surface area contributed by atoms with Crippen LogP contribution in [0.1, 0.15) is 29.9 Å². The van der Waals surface area contributed by atoms with Crippen LogP contribution in [0.25, 0.3) is 0 Å². The molecule has 17 heavy (non-hydrogen) atoms. The van der Waals surface area contributed by atoms with Crippen molar-refractivity contribution in [1.82, 2.24) is 4.98 Å². The molecule has 6 heteroatoms. The molecule has 0 aromatic carbocycles. The van der Waals surface area contributed by atoms with Crippen LogP contribution in [-0.2, 0) is 10.9 Å². The number of esters is 1. The monoisotopic (exact) mass is 247 g/mol. The second-order valence-electron chi connectivity index (χ2n) is 3.92. The highest BCUT2D eigenvalue weighted by Gasteiger charge is 2.32. The van der Waals surface area contributed by atoms with E-state index in [-0.39, 0.29) is 18.1 Å². The zero-order valence-corrected chi connectivity index (χ0v) is 9.41. The third-order valence-corrected chi connectivity index (χ3v) is 1.84. The number of carbonyl (C=O) groups excluding carboxylic acids is 1. The highest BCUT2D eigenvalue weighted by molar-refractivity contribution is 5.88. The van der Waals surface area contributed by atoms with Crippen molar-refractivity contribution in [3.63, 3.8) is 0 Å². The van der Waals surface area contributed by atoms with Gasteiger partial charge in [-0.15, -0.1) is 0 Å². The molecule has 0 bridgehead atoms. The van der Waals surface area contributed by atoms with Gasteiger partial charge in [0.15, 0.2) is 0 Å². The third-order valence-electron chi connectivity index (χ3n) is 1.84. The van der Waals surface area contributed by atoms with Crippen LogP contribution < -0.4 is 0 Å². The molecule has 0 spiro atoms. The van der Waals surface area contributed by atoms with Crippen molar-refractivity contribution in [3.05, 3.63) is 29.6 Å². The largest absolute Gasteiger partial charge is 0.462 e. The Hall–Kier alpha value is -1.59. The van der Waals surface area contributed by atoms with Gasteiger partial charge < -0.3 is 4.74 Å². The Balaban J connectivity index is 2.71. The van der Waals surface area contributed by atoms with Gasteiger partial charge in [0.1, 0.15) is 5.69 Å². The van der Waals surface area contributed by atoms with Gasteiger partial charge in [0.05, 0.1) is 12.2 Å². The van der Waals surface area contributed by atoms with Gasteiger partial charge in [0.2, 0.25) is 0 Å². The van der Waals surface area contributed by atoms with Crippen LogP contribution >= 0.6 is 0 Å². The molecule has 1 heterocycles. The lowest BCUT2D eigenvalue weighted by Crippen LogP contribution is -2.12.